The maximum absolute atomic E-state index is 13.5. The highest BCUT2D eigenvalue weighted by Gasteiger charge is 2.43. The summed E-state index contributed by atoms with van der Waals surface area (Å²) in [4.78, 5) is 15.0. The second-order valence-corrected chi connectivity index (χ2v) is 6.75. The predicted molar refractivity (Wildman–Crippen MR) is 95.3 cm³/mol. The first-order valence-corrected chi connectivity index (χ1v) is 8.61. The number of nitrogens with one attached hydrogen (secondary N) is 1. The Hall–Kier alpha value is -1.28. The number of ether oxygens (including phenoxy) is 2. The number of benzene rings is 1. The molecule has 0 aromatic heterocycles. The van der Waals surface area contributed by atoms with E-state index >= 15 is 0 Å². The highest BCUT2D eigenvalue weighted by atomic mass is 35.5. The number of amides is 1. The smallest absolute Gasteiger partial charge is 0.231 e. The van der Waals surface area contributed by atoms with Gasteiger partial charge in [0.25, 0.3) is 0 Å². The summed E-state index contributed by atoms with van der Waals surface area (Å²) in [5.41, 5.74) is 0.0261. The largest absolute Gasteiger partial charge is 0.384 e. The lowest BCUT2D eigenvalue weighted by atomic mass is 9.78. The van der Waals surface area contributed by atoms with Gasteiger partial charge >= 0.3 is 0 Å². The van der Waals surface area contributed by atoms with Crippen molar-refractivity contribution in [3.8, 4) is 0 Å². The number of nitrogens with zero attached hydrogens (tertiary/aromatic N) is 1. The van der Waals surface area contributed by atoms with Crippen LogP contribution in [0, 0.1) is 17.0 Å². The average Bonchev–Trinajstić information content (AvgIpc) is 2.64. The molecular formula is C18H25ClF2N2O3. The fraction of sp³-hybridized carbons (Fsp3) is 0.611. The number of carbonyl (C=O) groups excluding carboxylic acids is 1. The number of methoxy groups -OCH3 is 1. The van der Waals surface area contributed by atoms with E-state index in [1.54, 1.807) is 12.0 Å². The molecule has 2 heterocycles. The van der Waals surface area contributed by atoms with Gasteiger partial charge in [-0.25, -0.2) is 8.78 Å². The SMILES string of the molecule is COCC1(C(=O)N2CCOC(c3ccc(F)c(F)c3)C2)CCNCC1.Cl. The van der Waals surface area contributed by atoms with Crippen LogP contribution >= 0.6 is 12.4 Å². The van der Waals surface area contributed by atoms with Gasteiger partial charge in [0.05, 0.1) is 25.2 Å². The van der Waals surface area contributed by atoms with E-state index in [2.05, 4.69) is 5.32 Å². The summed E-state index contributed by atoms with van der Waals surface area (Å²) in [6, 6.07) is 3.74. The third-order valence-electron chi connectivity index (χ3n) is 5.10. The number of rotatable bonds is 4. The summed E-state index contributed by atoms with van der Waals surface area (Å²) in [6.07, 6.45) is 1.01. The average molecular weight is 391 g/mol. The minimum Gasteiger partial charge on any atom is -0.384 e. The Morgan fingerprint density at radius 3 is 2.73 bits per heavy atom. The lowest BCUT2D eigenvalue weighted by Gasteiger charge is -2.42. The molecule has 146 valence electrons. The van der Waals surface area contributed by atoms with E-state index in [0.717, 1.165) is 38.1 Å². The van der Waals surface area contributed by atoms with Crippen LogP contribution in [0.3, 0.4) is 0 Å². The van der Waals surface area contributed by atoms with E-state index in [0.29, 0.717) is 31.9 Å². The Balaban J connectivity index is 0.00000243. The quantitative estimate of drug-likeness (QED) is 0.857. The summed E-state index contributed by atoms with van der Waals surface area (Å²) in [6.45, 7) is 3.16. The number of morpholine rings is 1. The van der Waals surface area contributed by atoms with Crippen molar-refractivity contribution in [3.05, 3.63) is 35.4 Å². The van der Waals surface area contributed by atoms with E-state index in [-0.39, 0.29) is 18.3 Å². The van der Waals surface area contributed by atoms with E-state index in [1.165, 1.54) is 6.07 Å². The number of hydrogen-bond acceptors (Lipinski definition) is 4. The zero-order valence-electron chi connectivity index (χ0n) is 14.8. The molecule has 0 bridgehead atoms. The van der Waals surface area contributed by atoms with Crippen LogP contribution in [-0.4, -0.2) is 57.3 Å². The Bertz CT molecular complexity index is 621. The van der Waals surface area contributed by atoms with Crippen molar-refractivity contribution >= 4 is 18.3 Å². The van der Waals surface area contributed by atoms with Gasteiger partial charge in [-0.3, -0.25) is 4.79 Å². The molecule has 1 atom stereocenters. The van der Waals surface area contributed by atoms with Crippen LogP contribution in [0.4, 0.5) is 8.78 Å². The number of hydrogen-bond donors (Lipinski definition) is 1. The molecule has 1 amide bonds. The fourth-order valence-electron chi connectivity index (χ4n) is 3.69. The molecule has 8 heteroatoms. The Morgan fingerprint density at radius 2 is 2.08 bits per heavy atom. The standard InChI is InChI=1S/C18H24F2N2O3.ClH/c1-24-12-18(4-6-21-7-5-18)17(23)22-8-9-25-16(11-22)13-2-3-14(19)15(20)10-13;/h2-3,10,16,21H,4-9,11-12H2,1H3;1H. The van der Waals surface area contributed by atoms with Gasteiger partial charge in [0, 0.05) is 13.7 Å². The minimum absolute atomic E-state index is 0. The molecule has 1 aromatic rings. The van der Waals surface area contributed by atoms with Crippen LogP contribution in [0.5, 0.6) is 0 Å². The molecule has 0 saturated carbocycles. The topological polar surface area (TPSA) is 50.8 Å². The normalized spacial score (nSPS) is 22.6. The van der Waals surface area contributed by atoms with E-state index < -0.39 is 23.2 Å². The molecule has 0 spiro atoms. The number of piperidine rings is 1. The summed E-state index contributed by atoms with van der Waals surface area (Å²) in [5.74, 6) is -1.73. The van der Waals surface area contributed by atoms with Gasteiger partial charge in [0.2, 0.25) is 5.91 Å². The zero-order valence-corrected chi connectivity index (χ0v) is 15.6. The van der Waals surface area contributed by atoms with Crippen LogP contribution < -0.4 is 5.32 Å². The van der Waals surface area contributed by atoms with Gasteiger partial charge in [0.15, 0.2) is 11.6 Å². The van der Waals surface area contributed by atoms with E-state index in [9.17, 15) is 13.6 Å². The van der Waals surface area contributed by atoms with E-state index in [4.69, 9.17) is 9.47 Å². The van der Waals surface area contributed by atoms with Crippen molar-refractivity contribution in [1.29, 1.82) is 0 Å². The van der Waals surface area contributed by atoms with Crippen molar-refractivity contribution < 1.29 is 23.0 Å². The predicted octanol–water partition coefficient (Wildman–Crippen LogP) is 2.30. The molecule has 26 heavy (non-hydrogen) atoms. The molecule has 2 saturated heterocycles. The zero-order chi connectivity index (χ0) is 17.9. The third-order valence-corrected chi connectivity index (χ3v) is 5.10. The number of carbonyl (C=O) groups is 1. The fourth-order valence-corrected chi connectivity index (χ4v) is 3.69. The molecule has 2 aliphatic rings. The highest BCUT2D eigenvalue weighted by Crippen LogP contribution is 2.34. The molecule has 1 unspecified atom stereocenters. The van der Waals surface area contributed by atoms with Crippen molar-refractivity contribution in [2.45, 2.75) is 18.9 Å². The van der Waals surface area contributed by atoms with Crippen LogP contribution in [0.1, 0.15) is 24.5 Å². The van der Waals surface area contributed by atoms with Crippen LogP contribution in [0.25, 0.3) is 0 Å². The molecule has 2 aliphatic heterocycles. The Kier molecular flexibility index (Phi) is 7.34. The molecule has 3 rings (SSSR count). The summed E-state index contributed by atoms with van der Waals surface area (Å²) < 4.78 is 37.7. The second-order valence-electron chi connectivity index (χ2n) is 6.75. The van der Waals surface area contributed by atoms with Gasteiger partial charge in [-0.2, -0.15) is 0 Å². The first-order chi connectivity index (χ1) is 12.1. The maximum atomic E-state index is 13.5. The van der Waals surface area contributed by atoms with Gasteiger partial charge in [-0.15, -0.1) is 12.4 Å². The van der Waals surface area contributed by atoms with Crippen molar-refractivity contribution in [2.75, 3.05) is 46.5 Å². The summed E-state index contributed by atoms with van der Waals surface area (Å²) in [5, 5.41) is 3.27. The van der Waals surface area contributed by atoms with Crippen molar-refractivity contribution in [3.63, 3.8) is 0 Å². The first kappa shape index (κ1) is 21.0. The Morgan fingerprint density at radius 1 is 1.35 bits per heavy atom. The van der Waals surface area contributed by atoms with Gasteiger partial charge in [-0.05, 0) is 43.6 Å². The van der Waals surface area contributed by atoms with E-state index in [1.807, 2.05) is 0 Å². The second kappa shape index (κ2) is 9.08. The highest BCUT2D eigenvalue weighted by molar-refractivity contribution is 5.85. The van der Waals surface area contributed by atoms with Crippen molar-refractivity contribution in [1.82, 2.24) is 10.2 Å². The Labute approximate surface area is 158 Å². The molecule has 0 aliphatic carbocycles. The molecule has 2 fully saturated rings. The molecule has 0 radical (unpaired) electrons. The first-order valence-electron chi connectivity index (χ1n) is 8.61. The van der Waals surface area contributed by atoms with Gasteiger partial charge < -0.3 is 19.7 Å². The molecule has 1 N–H and O–H groups in total. The molecule has 1 aromatic carbocycles. The molecule has 5 nitrogen and oxygen atoms in total. The van der Waals surface area contributed by atoms with Gasteiger partial charge in [0.1, 0.15) is 6.10 Å². The summed E-state index contributed by atoms with van der Waals surface area (Å²) >= 11 is 0. The molecular weight excluding hydrogens is 366 g/mol. The lowest BCUT2D eigenvalue weighted by molar-refractivity contribution is -0.155. The minimum atomic E-state index is -0.904. The van der Waals surface area contributed by atoms with Crippen LogP contribution in [0.2, 0.25) is 0 Å². The van der Waals surface area contributed by atoms with Crippen LogP contribution in [-0.2, 0) is 14.3 Å². The monoisotopic (exact) mass is 390 g/mol. The van der Waals surface area contributed by atoms with Crippen LogP contribution in [0.15, 0.2) is 18.2 Å². The maximum Gasteiger partial charge on any atom is 0.231 e. The number of halogens is 3. The third kappa shape index (κ3) is 4.34. The van der Waals surface area contributed by atoms with Gasteiger partial charge in [-0.1, -0.05) is 6.07 Å². The summed E-state index contributed by atoms with van der Waals surface area (Å²) in [7, 11) is 1.61. The lowest BCUT2D eigenvalue weighted by Crippen LogP contribution is -2.54. The van der Waals surface area contributed by atoms with Crippen molar-refractivity contribution in [2.24, 2.45) is 5.41 Å².